The van der Waals surface area contributed by atoms with Gasteiger partial charge in [0.25, 0.3) is 0 Å². The van der Waals surface area contributed by atoms with Gasteiger partial charge in [-0.2, -0.15) is 0 Å². The minimum Gasteiger partial charge on any atom is -0.381 e. The second-order valence-electron chi connectivity index (χ2n) is 9.66. The van der Waals surface area contributed by atoms with Crippen LogP contribution in [0.2, 0.25) is 0 Å². The molecule has 2 aliphatic rings. The summed E-state index contributed by atoms with van der Waals surface area (Å²) in [6.07, 6.45) is 6.24. The van der Waals surface area contributed by atoms with Gasteiger partial charge in [0, 0.05) is 44.1 Å². The zero-order valence-corrected chi connectivity index (χ0v) is 20.6. The molecular formula is C25H29F5N4OS. The molecule has 0 aliphatic carbocycles. The SMILES string of the molecule is C=C(c1ccc(S(F)(F)(F)(F)F)cc1)N1CCCC(c2ccnc3nc(C4CCOCC4)[nH]c23)CC1. The van der Waals surface area contributed by atoms with Crippen molar-refractivity contribution < 1.29 is 24.2 Å². The van der Waals surface area contributed by atoms with Gasteiger partial charge in [0.1, 0.15) is 10.7 Å². The number of nitrogens with one attached hydrogen (secondary N) is 1. The maximum absolute atomic E-state index is 13.1. The van der Waals surface area contributed by atoms with Crippen molar-refractivity contribution in [2.75, 3.05) is 26.3 Å². The summed E-state index contributed by atoms with van der Waals surface area (Å²) < 4.78 is 70.8. The van der Waals surface area contributed by atoms with Crippen LogP contribution in [0.5, 0.6) is 0 Å². The third-order valence-electron chi connectivity index (χ3n) is 7.23. The third kappa shape index (κ3) is 5.22. The van der Waals surface area contributed by atoms with Crippen molar-refractivity contribution in [3.63, 3.8) is 0 Å². The lowest BCUT2D eigenvalue weighted by molar-refractivity contribution is 0.0838. The summed E-state index contributed by atoms with van der Waals surface area (Å²) >= 11 is 0. The summed E-state index contributed by atoms with van der Waals surface area (Å²) in [5, 5.41) is 0. The lowest BCUT2D eigenvalue weighted by atomic mass is 9.92. The molecule has 11 heteroatoms. The quantitative estimate of drug-likeness (QED) is 0.344. The van der Waals surface area contributed by atoms with Crippen LogP contribution in [0.15, 0.2) is 48.0 Å². The Hall–Kier alpha value is -2.66. The molecule has 1 N–H and O–H groups in total. The predicted octanol–water partition coefficient (Wildman–Crippen LogP) is 7.75. The normalized spacial score (nSPS) is 22.1. The van der Waals surface area contributed by atoms with Crippen molar-refractivity contribution in [2.45, 2.75) is 48.8 Å². The lowest BCUT2D eigenvalue weighted by Gasteiger charge is -2.40. The number of ether oxygens (including phenoxy) is 1. The van der Waals surface area contributed by atoms with Gasteiger partial charge in [0.05, 0.1) is 5.52 Å². The first kappa shape index (κ1) is 25.0. The second kappa shape index (κ2) is 8.44. The van der Waals surface area contributed by atoms with Crippen molar-refractivity contribution in [1.29, 1.82) is 0 Å². The molecule has 0 saturated carbocycles. The molecule has 5 nitrogen and oxygen atoms in total. The monoisotopic (exact) mass is 528 g/mol. The molecule has 0 amide bonds. The Morgan fingerprint density at radius 3 is 2.36 bits per heavy atom. The third-order valence-corrected chi connectivity index (χ3v) is 8.40. The highest BCUT2D eigenvalue weighted by molar-refractivity contribution is 8.45. The largest absolute Gasteiger partial charge is 0.381 e. The number of aromatic nitrogens is 3. The van der Waals surface area contributed by atoms with E-state index in [1.54, 1.807) is 6.20 Å². The number of nitrogens with zero attached hydrogens (tertiary/aromatic N) is 3. The number of hydrogen-bond acceptors (Lipinski definition) is 4. The number of likely N-dealkylation sites (tertiary alicyclic amines) is 1. The van der Waals surface area contributed by atoms with Crippen LogP contribution in [0.4, 0.5) is 19.4 Å². The van der Waals surface area contributed by atoms with Gasteiger partial charge < -0.3 is 14.6 Å². The average molecular weight is 529 g/mol. The summed E-state index contributed by atoms with van der Waals surface area (Å²) in [5.41, 5.74) is 3.78. The highest BCUT2D eigenvalue weighted by Gasteiger charge is 2.65. The average Bonchev–Trinajstić information content (AvgIpc) is 3.13. The highest BCUT2D eigenvalue weighted by Crippen LogP contribution is 3.02. The van der Waals surface area contributed by atoms with Crippen LogP contribution < -0.4 is 0 Å². The van der Waals surface area contributed by atoms with E-state index in [0.717, 1.165) is 68.8 Å². The molecule has 3 aromatic rings. The number of hydrogen-bond donors (Lipinski definition) is 1. The fourth-order valence-corrected chi connectivity index (χ4v) is 5.87. The predicted molar refractivity (Wildman–Crippen MR) is 132 cm³/mol. The van der Waals surface area contributed by atoms with E-state index in [1.807, 2.05) is 11.0 Å². The Kier molecular flexibility index (Phi) is 5.86. The molecule has 2 fully saturated rings. The van der Waals surface area contributed by atoms with Gasteiger partial charge in [-0.15, -0.1) is 0 Å². The van der Waals surface area contributed by atoms with Crippen molar-refractivity contribution in [2.24, 2.45) is 0 Å². The maximum Gasteiger partial charge on any atom is 0.310 e. The molecule has 1 aromatic carbocycles. The van der Waals surface area contributed by atoms with Crippen molar-refractivity contribution >= 4 is 27.1 Å². The molecular weight excluding hydrogens is 499 g/mol. The summed E-state index contributed by atoms with van der Waals surface area (Å²) in [7, 11) is -9.69. The van der Waals surface area contributed by atoms with Crippen LogP contribution in [0.1, 0.15) is 60.9 Å². The van der Waals surface area contributed by atoms with Crippen LogP contribution in [0.25, 0.3) is 16.9 Å². The minimum absolute atomic E-state index is 0.256. The summed E-state index contributed by atoms with van der Waals surface area (Å²) in [6, 6.07) is 5.08. The molecule has 1 unspecified atom stereocenters. The molecule has 0 spiro atoms. The van der Waals surface area contributed by atoms with E-state index >= 15 is 0 Å². The molecule has 4 heterocycles. The Bertz CT molecular complexity index is 1270. The Labute approximate surface area is 206 Å². The number of benzene rings is 1. The van der Waals surface area contributed by atoms with E-state index in [4.69, 9.17) is 9.72 Å². The van der Waals surface area contributed by atoms with Gasteiger partial charge in [0.2, 0.25) is 0 Å². The first-order chi connectivity index (χ1) is 16.9. The fraction of sp³-hybridized carbons (Fsp3) is 0.440. The van der Waals surface area contributed by atoms with Crippen LogP contribution in [-0.4, -0.2) is 46.2 Å². The van der Waals surface area contributed by atoms with Gasteiger partial charge >= 0.3 is 10.2 Å². The molecule has 36 heavy (non-hydrogen) atoms. The molecule has 2 saturated heterocycles. The molecule has 0 radical (unpaired) electrons. The summed E-state index contributed by atoms with van der Waals surface area (Å²) in [6.45, 7) is 6.84. The zero-order valence-electron chi connectivity index (χ0n) is 19.7. The Morgan fingerprint density at radius 2 is 1.67 bits per heavy atom. The van der Waals surface area contributed by atoms with Crippen molar-refractivity contribution in [3.05, 3.63) is 60.1 Å². The van der Waals surface area contributed by atoms with Gasteiger partial charge in [-0.3, -0.25) is 0 Å². The maximum atomic E-state index is 13.1. The number of aromatic amines is 1. The van der Waals surface area contributed by atoms with E-state index in [1.165, 1.54) is 5.56 Å². The number of fused-ring (bicyclic) bond motifs is 1. The first-order valence-corrected chi connectivity index (χ1v) is 14.0. The number of H-pyrrole nitrogens is 1. The molecule has 1 atom stereocenters. The van der Waals surface area contributed by atoms with Crippen LogP contribution in [-0.2, 0) is 4.74 Å². The smallest absolute Gasteiger partial charge is 0.310 e. The summed E-state index contributed by atoms with van der Waals surface area (Å²) in [5.74, 6) is 1.54. The zero-order chi connectivity index (χ0) is 25.6. The summed E-state index contributed by atoms with van der Waals surface area (Å²) in [4.78, 5) is 12.9. The van der Waals surface area contributed by atoms with E-state index in [9.17, 15) is 19.4 Å². The number of pyridine rings is 1. The number of imidazole rings is 1. The van der Waals surface area contributed by atoms with E-state index in [0.29, 0.717) is 48.0 Å². The number of rotatable bonds is 5. The Morgan fingerprint density at radius 1 is 0.944 bits per heavy atom. The second-order valence-corrected chi connectivity index (χ2v) is 12.1. The van der Waals surface area contributed by atoms with E-state index in [2.05, 4.69) is 16.5 Å². The topological polar surface area (TPSA) is 54.0 Å². The molecule has 2 aliphatic heterocycles. The minimum atomic E-state index is -9.69. The van der Waals surface area contributed by atoms with E-state index < -0.39 is 15.1 Å². The fourth-order valence-electron chi connectivity index (χ4n) is 5.22. The van der Waals surface area contributed by atoms with Gasteiger partial charge in [-0.25, -0.2) is 9.97 Å². The highest BCUT2D eigenvalue weighted by atomic mass is 32.5. The Balaban J connectivity index is 1.31. The van der Waals surface area contributed by atoms with Crippen LogP contribution >= 0.6 is 10.2 Å². The number of halogens is 5. The van der Waals surface area contributed by atoms with Crippen molar-refractivity contribution in [1.82, 2.24) is 19.9 Å². The van der Waals surface area contributed by atoms with Crippen molar-refractivity contribution in [3.8, 4) is 0 Å². The molecule has 2 aromatic heterocycles. The van der Waals surface area contributed by atoms with Crippen LogP contribution in [0.3, 0.4) is 0 Å². The van der Waals surface area contributed by atoms with Gasteiger partial charge in [-0.05, 0) is 67.3 Å². The molecule has 0 bridgehead atoms. The molecule has 5 rings (SSSR count). The lowest BCUT2D eigenvalue weighted by Crippen LogP contribution is -2.22. The molecule has 196 valence electrons. The standard InChI is InChI=1S/C25H29F5N4OS/c1-17(18-4-6-21(7-5-18)36(26,27,28,29)30)34-13-2-3-19(9-14-34)22-8-12-31-25-23(22)32-24(33-25)20-10-15-35-16-11-20/h4-8,12,19-20H,1-3,9-11,13-16H2,(H,31,32,33). The first-order valence-electron chi connectivity index (χ1n) is 12.1. The van der Waals surface area contributed by atoms with Gasteiger partial charge in [-0.1, -0.05) is 38.1 Å². The van der Waals surface area contributed by atoms with Gasteiger partial charge in [0.15, 0.2) is 5.65 Å². The van der Waals surface area contributed by atoms with E-state index in [-0.39, 0.29) is 5.92 Å². The van der Waals surface area contributed by atoms with Crippen LogP contribution in [0, 0.1) is 0 Å².